The van der Waals surface area contributed by atoms with E-state index in [9.17, 15) is 0 Å². The Morgan fingerprint density at radius 2 is 2.18 bits per heavy atom. The summed E-state index contributed by atoms with van der Waals surface area (Å²) in [5, 5.41) is 7.79. The zero-order valence-electron chi connectivity index (χ0n) is 9.81. The van der Waals surface area contributed by atoms with Gasteiger partial charge in [-0.3, -0.25) is 4.68 Å². The second-order valence-corrected chi connectivity index (χ2v) is 5.94. The molecule has 3 rings (SSSR count). The summed E-state index contributed by atoms with van der Waals surface area (Å²) in [4.78, 5) is 0. The largest absolute Gasteiger partial charge is 0.372 e. The average molecular weight is 300 g/mol. The minimum Gasteiger partial charge on any atom is -0.372 e. The summed E-state index contributed by atoms with van der Waals surface area (Å²) in [5.41, 5.74) is 0. The maximum Gasteiger partial charge on any atom is 0.0776 e. The summed E-state index contributed by atoms with van der Waals surface area (Å²) in [5.74, 6) is 0. The van der Waals surface area contributed by atoms with Crippen LogP contribution in [0, 0.1) is 0 Å². The fourth-order valence-corrected chi connectivity index (χ4v) is 2.62. The van der Waals surface area contributed by atoms with Crippen molar-refractivity contribution in [2.75, 3.05) is 6.54 Å². The fourth-order valence-electron chi connectivity index (χ4n) is 2.30. The Hall–Kier alpha value is -0.390. The summed E-state index contributed by atoms with van der Waals surface area (Å²) in [6.45, 7) is 1.88. The van der Waals surface area contributed by atoms with Gasteiger partial charge >= 0.3 is 0 Å². The quantitative estimate of drug-likeness (QED) is 0.903. The standard InChI is InChI=1S/C12H18BrN3O/c13-9-5-15-16(7-9)8-12-4-3-11(17-12)6-14-10-1-2-10/h5,7,10-12,14H,1-4,6,8H2. The van der Waals surface area contributed by atoms with E-state index in [1.165, 1.54) is 19.3 Å². The molecule has 1 saturated carbocycles. The maximum absolute atomic E-state index is 6.01. The molecule has 2 heterocycles. The smallest absolute Gasteiger partial charge is 0.0776 e. The molecule has 1 aromatic rings. The van der Waals surface area contributed by atoms with Gasteiger partial charge < -0.3 is 10.1 Å². The molecule has 1 saturated heterocycles. The minimum absolute atomic E-state index is 0.327. The molecule has 0 bridgehead atoms. The van der Waals surface area contributed by atoms with Crippen LogP contribution in [0.2, 0.25) is 0 Å². The van der Waals surface area contributed by atoms with Crippen LogP contribution in [0.25, 0.3) is 0 Å². The number of nitrogens with one attached hydrogen (secondary N) is 1. The van der Waals surface area contributed by atoms with E-state index >= 15 is 0 Å². The molecule has 1 aliphatic heterocycles. The summed E-state index contributed by atoms with van der Waals surface area (Å²) >= 11 is 3.41. The summed E-state index contributed by atoms with van der Waals surface area (Å²) in [7, 11) is 0. The van der Waals surface area contributed by atoms with Crippen LogP contribution in [-0.2, 0) is 11.3 Å². The van der Waals surface area contributed by atoms with Gasteiger partial charge in [0.05, 0.1) is 29.4 Å². The molecule has 1 aliphatic carbocycles. The summed E-state index contributed by atoms with van der Waals surface area (Å²) < 4.78 is 8.99. The van der Waals surface area contributed by atoms with Crippen LogP contribution in [0.1, 0.15) is 25.7 Å². The summed E-state index contributed by atoms with van der Waals surface area (Å²) in [6, 6.07) is 0.778. The van der Waals surface area contributed by atoms with Crippen molar-refractivity contribution in [1.29, 1.82) is 0 Å². The van der Waals surface area contributed by atoms with Gasteiger partial charge in [-0.1, -0.05) is 0 Å². The van der Waals surface area contributed by atoms with Crippen molar-refractivity contribution in [3.63, 3.8) is 0 Å². The van der Waals surface area contributed by atoms with Gasteiger partial charge in [0.15, 0.2) is 0 Å². The first-order chi connectivity index (χ1) is 8.29. The van der Waals surface area contributed by atoms with E-state index in [0.717, 1.165) is 30.0 Å². The van der Waals surface area contributed by atoms with Gasteiger partial charge in [-0.05, 0) is 41.6 Å². The van der Waals surface area contributed by atoms with Crippen LogP contribution in [0.4, 0.5) is 0 Å². The van der Waals surface area contributed by atoms with Crippen LogP contribution in [0.15, 0.2) is 16.9 Å². The molecule has 1 aromatic heterocycles. The molecule has 2 atom stereocenters. The predicted molar refractivity (Wildman–Crippen MR) is 68.8 cm³/mol. The van der Waals surface area contributed by atoms with Gasteiger partial charge in [0.1, 0.15) is 0 Å². The predicted octanol–water partition coefficient (Wildman–Crippen LogP) is 1.95. The fraction of sp³-hybridized carbons (Fsp3) is 0.750. The Morgan fingerprint density at radius 1 is 1.35 bits per heavy atom. The van der Waals surface area contributed by atoms with Gasteiger partial charge in [-0.25, -0.2) is 0 Å². The molecule has 4 nitrogen and oxygen atoms in total. The van der Waals surface area contributed by atoms with Crippen LogP contribution >= 0.6 is 15.9 Å². The SMILES string of the molecule is Brc1cnn(CC2CCC(CNC3CC3)O2)c1. The van der Waals surface area contributed by atoms with Crippen molar-refractivity contribution in [2.24, 2.45) is 0 Å². The number of hydrogen-bond acceptors (Lipinski definition) is 3. The lowest BCUT2D eigenvalue weighted by molar-refractivity contribution is 0.0340. The summed E-state index contributed by atoms with van der Waals surface area (Å²) in [6.07, 6.45) is 9.56. The molecule has 2 aliphatic rings. The lowest BCUT2D eigenvalue weighted by Gasteiger charge is -2.14. The molecular formula is C12H18BrN3O. The number of hydrogen-bond donors (Lipinski definition) is 1. The topological polar surface area (TPSA) is 39.1 Å². The van der Waals surface area contributed by atoms with E-state index in [0.29, 0.717) is 12.2 Å². The second-order valence-electron chi connectivity index (χ2n) is 5.02. The lowest BCUT2D eigenvalue weighted by atomic mass is 10.2. The third-order valence-corrected chi connectivity index (χ3v) is 3.81. The highest BCUT2D eigenvalue weighted by Gasteiger charge is 2.28. The number of aromatic nitrogens is 2. The minimum atomic E-state index is 0.327. The molecular weight excluding hydrogens is 282 g/mol. The van der Waals surface area contributed by atoms with Crippen molar-refractivity contribution in [3.05, 3.63) is 16.9 Å². The number of ether oxygens (including phenoxy) is 1. The van der Waals surface area contributed by atoms with Gasteiger partial charge in [-0.2, -0.15) is 5.10 Å². The first kappa shape index (κ1) is 11.7. The maximum atomic E-state index is 6.01. The normalized spacial score (nSPS) is 28.8. The Balaban J connectivity index is 1.43. The molecule has 0 radical (unpaired) electrons. The second kappa shape index (κ2) is 5.08. The van der Waals surface area contributed by atoms with E-state index in [2.05, 4.69) is 26.3 Å². The molecule has 17 heavy (non-hydrogen) atoms. The molecule has 0 spiro atoms. The van der Waals surface area contributed by atoms with Crippen molar-refractivity contribution in [2.45, 2.75) is 50.5 Å². The molecule has 2 fully saturated rings. The van der Waals surface area contributed by atoms with Crippen LogP contribution in [-0.4, -0.2) is 34.6 Å². The van der Waals surface area contributed by atoms with Crippen molar-refractivity contribution < 1.29 is 4.74 Å². The highest BCUT2D eigenvalue weighted by atomic mass is 79.9. The number of rotatable bonds is 5. The molecule has 2 unspecified atom stereocenters. The van der Waals surface area contributed by atoms with Gasteiger partial charge in [0.2, 0.25) is 0 Å². The Morgan fingerprint density at radius 3 is 2.88 bits per heavy atom. The van der Waals surface area contributed by atoms with E-state index < -0.39 is 0 Å². The highest BCUT2D eigenvalue weighted by molar-refractivity contribution is 9.10. The zero-order chi connectivity index (χ0) is 11.7. The number of nitrogens with zero attached hydrogens (tertiary/aromatic N) is 2. The third kappa shape index (κ3) is 3.30. The molecule has 1 N–H and O–H groups in total. The molecule has 5 heteroatoms. The van der Waals surface area contributed by atoms with Gasteiger partial charge in [-0.15, -0.1) is 0 Å². The molecule has 0 amide bonds. The first-order valence-corrected chi connectivity index (χ1v) is 7.16. The zero-order valence-corrected chi connectivity index (χ0v) is 11.4. The number of halogens is 1. The van der Waals surface area contributed by atoms with Crippen LogP contribution in [0.3, 0.4) is 0 Å². The van der Waals surface area contributed by atoms with Crippen molar-refractivity contribution >= 4 is 15.9 Å². The average Bonchev–Trinajstić information content (AvgIpc) is 2.90. The van der Waals surface area contributed by atoms with E-state index in [1.54, 1.807) is 0 Å². The Bertz CT molecular complexity index is 378. The van der Waals surface area contributed by atoms with E-state index in [-0.39, 0.29) is 0 Å². The Kier molecular flexibility index (Phi) is 3.49. The van der Waals surface area contributed by atoms with E-state index in [1.807, 2.05) is 17.1 Å². The monoisotopic (exact) mass is 299 g/mol. The third-order valence-electron chi connectivity index (χ3n) is 3.40. The first-order valence-electron chi connectivity index (χ1n) is 6.36. The van der Waals surface area contributed by atoms with E-state index in [4.69, 9.17) is 4.74 Å². The van der Waals surface area contributed by atoms with Crippen molar-refractivity contribution in [1.82, 2.24) is 15.1 Å². The van der Waals surface area contributed by atoms with Gasteiger partial charge in [0.25, 0.3) is 0 Å². The molecule has 94 valence electrons. The molecule has 0 aromatic carbocycles. The lowest BCUT2D eigenvalue weighted by Crippen LogP contribution is -2.29. The highest BCUT2D eigenvalue weighted by Crippen LogP contribution is 2.23. The van der Waals surface area contributed by atoms with Crippen LogP contribution < -0.4 is 5.32 Å². The van der Waals surface area contributed by atoms with Gasteiger partial charge in [0, 0.05) is 18.8 Å². The van der Waals surface area contributed by atoms with Crippen LogP contribution in [0.5, 0.6) is 0 Å². The Labute approximate surface area is 110 Å². The van der Waals surface area contributed by atoms with Crippen molar-refractivity contribution in [3.8, 4) is 0 Å².